The van der Waals surface area contributed by atoms with Gasteiger partial charge in [-0.15, -0.1) is 17.9 Å². The van der Waals surface area contributed by atoms with Crippen molar-refractivity contribution in [3.8, 4) is 10.6 Å². The van der Waals surface area contributed by atoms with Crippen molar-refractivity contribution in [2.75, 3.05) is 11.4 Å². The number of hydrogen-bond acceptors (Lipinski definition) is 3. The number of carbonyl (C=O) groups excluding carboxylic acids is 1. The van der Waals surface area contributed by atoms with Gasteiger partial charge in [0.05, 0.1) is 10.6 Å². The van der Waals surface area contributed by atoms with Crippen LogP contribution in [0.3, 0.4) is 0 Å². The van der Waals surface area contributed by atoms with Gasteiger partial charge in [0, 0.05) is 24.4 Å². The van der Waals surface area contributed by atoms with Crippen LogP contribution in [0.15, 0.2) is 30.2 Å². The van der Waals surface area contributed by atoms with E-state index in [-0.39, 0.29) is 11.8 Å². The standard InChI is InChI=1S/C14H15N3OS/c1-3-10-7-12(18)17(8-10)14-9(2)13(15-16-14)11-5-4-6-19-11/h3-6,10H,1,7-8H2,2H3,(H,15,16). The number of hydrogen-bond donors (Lipinski definition) is 1. The minimum Gasteiger partial charge on any atom is -0.294 e. The number of rotatable bonds is 3. The van der Waals surface area contributed by atoms with Crippen LogP contribution in [-0.4, -0.2) is 22.6 Å². The largest absolute Gasteiger partial charge is 0.294 e. The number of H-pyrrole nitrogens is 1. The maximum Gasteiger partial charge on any atom is 0.228 e. The number of aromatic amines is 1. The van der Waals surface area contributed by atoms with Crippen molar-refractivity contribution < 1.29 is 4.79 Å². The van der Waals surface area contributed by atoms with Crippen LogP contribution in [0.2, 0.25) is 0 Å². The summed E-state index contributed by atoms with van der Waals surface area (Å²) >= 11 is 1.66. The van der Waals surface area contributed by atoms with Gasteiger partial charge in [-0.1, -0.05) is 12.1 Å². The van der Waals surface area contributed by atoms with Crippen LogP contribution in [0.4, 0.5) is 5.82 Å². The van der Waals surface area contributed by atoms with E-state index in [1.54, 1.807) is 16.2 Å². The molecule has 5 heteroatoms. The first-order valence-electron chi connectivity index (χ1n) is 6.22. The molecule has 1 N–H and O–H groups in total. The second kappa shape index (κ2) is 4.66. The highest BCUT2D eigenvalue weighted by atomic mass is 32.1. The third-order valence-corrected chi connectivity index (χ3v) is 4.38. The summed E-state index contributed by atoms with van der Waals surface area (Å²) in [5.74, 6) is 1.10. The van der Waals surface area contributed by atoms with Crippen LogP contribution in [0.1, 0.15) is 12.0 Å². The maximum atomic E-state index is 12.0. The van der Waals surface area contributed by atoms with Gasteiger partial charge >= 0.3 is 0 Å². The molecule has 1 aliphatic heterocycles. The highest BCUT2D eigenvalue weighted by Crippen LogP contribution is 2.33. The summed E-state index contributed by atoms with van der Waals surface area (Å²) in [5, 5.41) is 9.40. The molecular weight excluding hydrogens is 258 g/mol. The van der Waals surface area contributed by atoms with Crippen molar-refractivity contribution in [2.45, 2.75) is 13.3 Å². The molecule has 1 saturated heterocycles. The lowest BCUT2D eigenvalue weighted by Gasteiger charge is -2.13. The summed E-state index contributed by atoms with van der Waals surface area (Å²) in [6.45, 7) is 6.45. The highest BCUT2D eigenvalue weighted by Gasteiger charge is 2.31. The zero-order valence-corrected chi connectivity index (χ0v) is 11.5. The molecule has 2 aromatic heterocycles. The third-order valence-electron chi connectivity index (χ3n) is 3.50. The molecule has 4 nitrogen and oxygen atoms in total. The Morgan fingerprint density at radius 1 is 1.63 bits per heavy atom. The van der Waals surface area contributed by atoms with Crippen LogP contribution in [0.5, 0.6) is 0 Å². The predicted molar refractivity (Wildman–Crippen MR) is 77.3 cm³/mol. The van der Waals surface area contributed by atoms with Crippen molar-refractivity contribution >= 4 is 23.1 Å². The molecule has 3 heterocycles. The second-order valence-corrected chi connectivity index (χ2v) is 5.68. The van der Waals surface area contributed by atoms with Gasteiger partial charge < -0.3 is 0 Å². The highest BCUT2D eigenvalue weighted by molar-refractivity contribution is 7.13. The van der Waals surface area contributed by atoms with Gasteiger partial charge in [-0.25, -0.2) is 0 Å². The summed E-state index contributed by atoms with van der Waals surface area (Å²) in [7, 11) is 0. The fourth-order valence-corrected chi connectivity index (χ4v) is 3.19. The minimum atomic E-state index is 0.122. The Balaban J connectivity index is 1.95. The van der Waals surface area contributed by atoms with Crippen LogP contribution in [0.25, 0.3) is 10.6 Å². The zero-order valence-electron chi connectivity index (χ0n) is 10.7. The van der Waals surface area contributed by atoms with E-state index < -0.39 is 0 Å². The summed E-state index contributed by atoms with van der Waals surface area (Å²) in [6, 6.07) is 4.06. The molecule has 1 fully saturated rings. The van der Waals surface area contributed by atoms with Crippen LogP contribution in [-0.2, 0) is 4.79 Å². The number of nitrogens with one attached hydrogen (secondary N) is 1. The topological polar surface area (TPSA) is 49.0 Å². The smallest absolute Gasteiger partial charge is 0.228 e. The van der Waals surface area contributed by atoms with Gasteiger partial charge in [0.25, 0.3) is 0 Å². The first kappa shape index (κ1) is 12.2. The molecule has 1 amide bonds. The molecule has 1 atom stereocenters. The average molecular weight is 273 g/mol. The number of amides is 1. The van der Waals surface area contributed by atoms with Crippen molar-refractivity contribution in [1.29, 1.82) is 0 Å². The van der Waals surface area contributed by atoms with Gasteiger partial charge in [-0.2, -0.15) is 5.10 Å². The van der Waals surface area contributed by atoms with Gasteiger partial charge in [0.2, 0.25) is 5.91 Å². The molecule has 0 saturated carbocycles. The molecule has 2 aromatic rings. The third kappa shape index (κ3) is 2.00. The van der Waals surface area contributed by atoms with Crippen LogP contribution in [0, 0.1) is 12.8 Å². The fourth-order valence-electron chi connectivity index (χ4n) is 2.41. The van der Waals surface area contributed by atoms with Crippen molar-refractivity contribution in [2.24, 2.45) is 5.92 Å². The molecule has 19 heavy (non-hydrogen) atoms. The van der Waals surface area contributed by atoms with E-state index in [0.717, 1.165) is 22.0 Å². The molecule has 0 spiro atoms. The average Bonchev–Trinajstić information content (AvgIpc) is 3.09. The Hall–Kier alpha value is -1.88. The normalized spacial score (nSPS) is 19.1. The Bertz CT molecular complexity index is 615. The molecule has 1 unspecified atom stereocenters. The molecule has 0 aliphatic carbocycles. The van der Waals surface area contributed by atoms with E-state index in [4.69, 9.17) is 0 Å². The van der Waals surface area contributed by atoms with E-state index in [1.165, 1.54) is 0 Å². The monoisotopic (exact) mass is 273 g/mol. The fraction of sp³-hybridized carbons (Fsp3) is 0.286. The molecular formula is C14H15N3OS. The van der Waals surface area contributed by atoms with Crippen LogP contribution < -0.4 is 4.90 Å². The molecule has 0 aromatic carbocycles. The first-order valence-corrected chi connectivity index (χ1v) is 7.10. The van der Waals surface area contributed by atoms with Gasteiger partial charge in [-0.05, 0) is 18.4 Å². The lowest BCUT2D eigenvalue weighted by Crippen LogP contribution is -2.25. The number of carbonyl (C=O) groups is 1. The number of aromatic nitrogens is 2. The molecule has 0 bridgehead atoms. The summed E-state index contributed by atoms with van der Waals surface area (Å²) in [4.78, 5) is 14.9. The van der Waals surface area contributed by atoms with Crippen molar-refractivity contribution in [3.63, 3.8) is 0 Å². The number of anilines is 1. The van der Waals surface area contributed by atoms with Gasteiger partial charge in [0.15, 0.2) is 5.82 Å². The molecule has 3 rings (SSSR count). The van der Waals surface area contributed by atoms with Crippen molar-refractivity contribution in [3.05, 3.63) is 35.7 Å². The molecule has 0 radical (unpaired) electrons. The second-order valence-electron chi connectivity index (χ2n) is 4.73. The van der Waals surface area contributed by atoms with Crippen LogP contribution >= 0.6 is 11.3 Å². The maximum absolute atomic E-state index is 12.0. The van der Waals surface area contributed by atoms with E-state index in [2.05, 4.69) is 16.8 Å². The van der Waals surface area contributed by atoms with E-state index in [0.29, 0.717) is 13.0 Å². The Labute approximate surface area is 115 Å². The quantitative estimate of drug-likeness (QED) is 0.874. The Morgan fingerprint density at radius 3 is 3.11 bits per heavy atom. The minimum absolute atomic E-state index is 0.122. The zero-order chi connectivity index (χ0) is 13.4. The summed E-state index contributed by atoms with van der Waals surface area (Å²) < 4.78 is 0. The van der Waals surface area contributed by atoms with E-state index in [1.807, 2.05) is 30.5 Å². The first-order chi connectivity index (χ1) is 9.20. The Kier molecular flexibility index (Phi) is 2.98. The van der Waals surface area contributed by atoms with E-state index in [9.17, 15) is 4.79 Å². The Morgan fingerprint density at radius 2 is 2.47 bits per heavy atom. The lowest BCUT2D eigenvalue weighted by molar-refractivity contribution is -0.117. The molecule has 98 valence electrons. The van der Waals surface area contributed by atoms with Crippen molar-refractivity contribution in [1.82, 2.24) is 10.2 Å². The summed E-state index contributed by atoms with van der Waals surface area (Å²) in [6.07, 6.45) is 2.38. The SMILES string of the molecule is C=CC1CC(=O)N(c2n[nH]c(-c3cccs3)c2C)C1. The summed E-state index contributed by atoms with van der Waals surface area (Å²) in [5.41, 5.74) is 2.03. The lowest BCUT2D eigenvalue weighted by atomic mass is 10.1. The molecule has 1 aliphatic rings. The number of nitrogens with zero attached hydrogens (tertiary/aromatic N) is 2. The van der Waals surface area contributed by atoms with E-state index >= 15 is 0 Å². The van der Waals surface area contributed by atoms with Gasteiger partial charge in [0.1, 0.15) is 0 Å². The number of thiophene rings is 1. The van der Waals surface area contributed by atoms with Gasteiger partial charge in [-0.3, -0.25) is 14.8 Å². The predicted octanol–water partition coefficient (Wildman–Crippen LogP) is 2.99.